The van der Waals surface area contributed by atoms with Crippen molar-refractivity contribution in [3.8, 4) is 17.2 Å². The summed E-state index contributed by atoms with van der Waals surface area (Å²) in [6, 6.07) is 24.3. The van der Waals surface area contributed by atoms with Gasteiger partial charge in [0, 0.05) is 12.3 Å². The minimum atomic E-state index is -0.821. The molecule has 0 atom stereocenters. The van der Waals surface area contributed by atoms with E-state index in [1.54, 1.807) is 25.1 Å². The van der Waals surface area contributed by atoms with Crippen molar-refractivity contribution in [2.45, 2.75) is 19.3 Å². The van der Waals surface area contributed by atoms with Gasteiger partial charge in [0.05, 0.1) is 17.3 Å². The molecule has 6 nitrogen and oxygen atoms in total. The van der Waals surface area contributed by atoms with Gasteiger partial charge in [-0.15, -0.1) is 5.06 Å². The number of ether oxygens (including phenoxy) is 1. The van der Waals surface area contributed by atoms with Crippen molar-refractivity contribution in [2.75, 3.05) is 11.7 Å². The van der Waals surface area contributed by atoms with E-state index in [4.69, 9.17) is 14.8 Å². The average Bonchev–Trinajstić information content (AvgIpc) is 3.14. The molecular weight excluding hydrogens is 392 g/mol. The summed E-state index contributed by atoms with van der Waals surface area (Å²) in [5, 5.41) is 9.96. The summed E-state index contributed by atoms with van der Waals surface area (Å²) >= 11 is 0. The molecule has 0 fully saturated rings. The Labute approximate surface area is 180 Å². The summed E-state index contributed by atoms with van der Waals surface area (Å²) in [5.41, 5.74) is 4.99. The molecular formula is C25H20N2O4. The largest absolute Gasteiger partial charge is 0.448 e. The van der Waals surface area contributed by atoms with Crippen molar-refractivity contribution in [3.05, 3.63) is 89.5 Å². The van der Waals surface area contributed by atoms with Crippen LogP contribution in [0.5, 0.6) is 0 Å². The fourth-order valence-electron chi connectivity index (χ4n) is 3.72. The van der Waals surface area contributed by atoms with Gasteiger partial charge in [0.2, 0.25) is 0 Å². The third-order valence-corrected chi connectivity index (χ3v) is 5.19. The van der Waals surface area contributed by atoms with Crippen LogP contribution in [0, 0.1) is 11.3 Å². The van der Waals surface area contributed by atoms with Crippen molar-refractivity contribution in [3.63, 3.8) is 0 Å². The summed E-state index contributed by atoms with van der Waals surface area (Å²) in [4.78, 5) is 30.0. The number of nitrogens with zero attached hydrogens (tertiary/aromatic N) is 2. The van der Waals surface area contributed by atoms with Crippen molar-refractivity contribution >= 4 is 17.7 Å². The maximum absolute atomic E-state index is 12.9. The van der Waals surface area contributed by atoms with Gasteiger partial charge >= 0.3 is 12.1 Å². The van der Waals surface area contributed by atoms with Gasteiger partial charge in [-0.25, -0.2) is 9.59 Å². The van der Waals surface area contributed by atoms with Crippen molar-refractivity contribution in [1.82, 2.24) is 0 Å². The molecule has 0 aromatic heterocycles. The Morgan fingerprint density at radius 3 is 2.23 bits per heavy atom. The molecule has 0 saturated carbocycles. The molecule has 1 aliphatic carbocycles. The zero-order valence-corrected chi connectivity index (χ0v) is 16.9. The van der Waals surface area contributed by atoms with Crippen LogP contribution in [0.2, 0.25) is 0 Å². The van der Waals surface area contributed by atoms with E-state index in [0.29, 0.717) is 5.56 Å². The number of rotatable bonds is 4. The fraction of sp³-hybridized carbons (Fsp3) is 0.160. The highest BCUT2D eigenvalue weighted by Gasteiger charge is 2.30. The highest BCUT2D eigenvalue weighted by atomic mass is 16.8. The van der Waals surface area contributed by atoms with Gasteiger partial charge in [0.15, 0.2) is 0 Å². The van der Waals surface area contributed by atoms with Crippen molar-refractivity contribution < 1.29 is 19.2 Å². The monoisotopic (exact) mass is 412 g/mol. The molecule has 0 bridgehead atoms. The molecule has 31 heavy (non-hydrogen) atoms. The predicted octanol–water partition coefficient (Wildman–Crippen LogP) is 5.18. The first-order chi connectivity index (χ1) is 15.1. The summed E-state index contributed by atoms with van der Waals surface area (Å²) in [6.07, 6.45) is -0.732. The van der Waals surface area contributed by atoms with Gasteiger partial charge in [-0.2, -0.15) is 5.26 Å². The van der Waals surface area contributed by atoms with Crippen LogP contribution in [0.3, 0.4) is 0 Å². The summed E-state index contributed by atoms with van der Waals surface area (Å²) in [5.74, 6) is -0.707. The third kappa shape index (κ3) is 3.99. The van der Waals surface area contributed by atoms with Gasteiger partial charge in [0.25, 0.3) is 0 Å². The van der Waals surface area contributed by atoms with E-state index >= 15 is 0 Å². The smallest absolute Gasteiger partial charge is 0.446 e. The van der Waals surface area contributed by atoms with Crippen LogP contribution in [-0.2, 0) is 14.4 Å². The Morgan fingerprint density at radius 2 is 1.61 bits per heavy atom. The topological polar surface area (TPSA) is 79.6 Å². The Balaban J connectivity index is 1.58. The molecule has 4 rings (SSSR count). The van der Waals surface area contributed by atoms with Crippen LogP contribution in [-0.4, -0.2) is 18.7 Å². The van der Waals surface area contributed by atoms with Crippen LogP contribution in [0.15, 0.2) is 72.8 Å². The number of hydrogen-bond acceptors (Lipinski definition) is 5. The minimum absolute atomic E-state index is 0.0883. The summed E-state index contributed by atoms with van der Waals surface area (Å²) < 4.78 is 5.60. The zero-order chi connectivity index (χ0) is 21.8. The molecule has 3 aromatic carbocycles. The van der Waals surface area contributed by atoms with Crippen LogP contribution in [0.25, 0.3) is 11.1 Å². The number of fused-ring (bicyclic) bond motifs is 3. The SMILES string of the molecule is CCC(=O)ON(C(=O)OCC1c2ccccc2-c2ccccc21)c1cccc(C#N)c1. The first-order valence-electron chi connectivity index (χ1n) is 9.98. The van der Waals surface area contributed by atoms with Gasteiger partial charge in [-0.3, -0.25) is 0 Å². The number of carbonyl (C=O) groups excluding carboxylic acids is 2. The highest BCUT2D eigenvalue weighted by Crippen LogP contribution is 2.44. The standard InChI is InChI=1S/C25H20N2O4/c1-2-24(28)31-27(18-9-7-8-17(14-18)15-26)25(29)30-16-23-21-12-5-3-10-19(21)20-11-4-6-13-22(20)23/h3-14,23H,2,16H2,1H3. The highest BCUT2D eigenvalue weighted by molar-refractivity contribution is 5.88. The normalized spacial score (nSPS) is 11.7. The lowest BCUT2D eigenvalue weighted by Crippen LogP contribution is -2.34. The minimum Gasteiger partial charge on any atom is -0.446 e. The molecule has 1 aliphatic rings. The fourth-order valence-corrected chi connectivity index (χ4v) is 3.72. The molecule has 1 amide bonds. The quantitative estimate of drug-likeness (QED) is 0.552. The number of nitriles is 1. The second-order valence-corrected chi connectivity index (χ2v) is 7.08. The predicted molar refractivity (Wildman–Crippen MR) is 115 cm³/mol. The van der Waals surface area contributed by atoms with E-state index in [2.05, 4.69) is 12.1 Å². The van der Waals surface area contributed by atoms with Gasteiger partial charge in [-0.05, 0) is 40.5 Å². The van der Waals surface area contributed by atoms with Gasteiger partial charge in [-0.1, -0.05) is 61.5 Å². The van der Waals surface area contributed by atoms with Crippen molar-refractivity contribution in [1.29, 1.82) is 5.26 Å². The lowest BCUT2D eigenvalue weighted by molar-refractivity contribution is -0.144. The molecule has 0 spiro atoms. The Morgan fingerprint density at radius 1 is 0.968 bits per heavy atom. The maximum atomic E-state index is 12.9. The van der Waals surface area contributed by atoms with Crippen LogP contribution in [0.4, 0.5) is 10.5 Å². The first-order valence-corrected chi connectivity index (χ1v) is 9.98. The molecule has 0 heterocycles. The molecule has 154 valence electrons. The molecule has 6 heteroatoms. The average molecular weight is 412 g/mol. The van der Waals surface area contributed by atoms with E-state index in [0.717, 1.165) is 27.3 Å². The van der Waals surface area contributed by atoms with Crippen LogP contribution < -0.4 is 5.06 Å². The number of carbonyl (C=O) groups is 2. The van der Waals surface area contributed by atoms with E-state index < -0.39 is 12.1 Å². The Kier molecular flexibility index (Phi) is 5.67. The van der Waals surface area contributed by atoms with Gasteiger partial charge < -0.3 is 9.57 Å². The van der Waals surface area contributed by atoms with E-state index in [-0.39, 0.29) is 24.6 Å². The Hall–Kier alpha value is -4.11. The summed E-state index contributed by atoms with van der Waals surface area (Å²) in [6.45, 7) is 1.72. The first kappa shape index (κ1) is 20.2. The number of amides is 1. The molecule has 0 unspecified atom stereocenters. The third-order valence-electron chi connectivity index (χ3n) is 5.19. The number of benzene rings is 3. The maximum Gasteiger partial charge on any atom is 0.448 e. The van der Waals surface area contributed by atoms with Crippen LogP contribution >= 0.6 is 0 Å². The number of hydroxylamine groups is 1. The van der Waals surface area contributed by atoms with E-state index in [1.807, 2.05) is 42.5 Å². The summed E-state index contributed by atoms with van der Waals surface area (Å²) in [7, 11) is 0. The molecule has 3 aromatic rings. The van der Waals surface area contributed by atoms with E-state index in [1.165, 1.54) is 6.07 Å². The molecule has 0 aliphatic heterocycles. The Bertz CT molecular complexity index is 1140. The van der Waals surface area contributed by atoms with Gasteiger partial charge in [0.1, 0.15) is 6.61 Å². The molecule has 0 N–H and O–H groups in total. The van der Waals surface area contributed by atoms with Crippen molar-refractivity contribution in [2.24, 2.45) is 0 Å². The number of hydrogen-bond donors (Lipinski definition) is 0. The zero-order valence-electron chi connectivity index (χ0n) is 16.9. The lowest BCUT2D eigenvalue weighted by atomic mass is 9.98. The molecule has 0 radical (unpaired) electrons. The second-order valence-electron chi connectivity index (χ2n) is 7.08. The molecule has 0 saturated heterocycles. The second kappa shape index (κ2) is 8.72. The van der Waals surface area contributed by atoms with Crippen LogP contribution in [0.1, 0.15) is 36.0 Å². The lowest BCUT2D eigenvalue weighted by Gasteiger charge is -2.22. The van der Waals surface area contributed by atoms with E-state index in [9.17, 15) is 9.59 Å². The number of anilines is 1.